The summed E-state index contributed by atoms with van der Waals surface area (Å²) in [5.41, 5.74) is 4.04. The van der Waals surface area contributed by atoms with Crippen molar-refractivity contribution in [3.05, 3.63) is 42.2 Å². The van der Waals surface area contributed by atoms with E-state index in [0.29, 0.717) is 38.2 Å². The molecule has 1 amide bonds. The largest absolute Gasteiger partial charge is 0.476 e. The van der Waals surface area contributed by atoms with Crippen molar-refractivity contribution in [1.29, 1.82) is 0 Å². The predicted octanol–water partition coefficient (Wildman–Crippen LogP) is 4.21. The second-order valence-electron chi connectivity index (χ2n) is 12.0. The standard InChI is InChI=1S/C32H43N5O6S/c1-36(2)14-7-15-43-30-27(35-44(39,40)24(10-16-41-4)11-17-42-5)19-23(20-34-30)22-8-9-26-25(18-22)29-28(21-33-26)37(3)31(38)32(29)12-6-13-32/h8-9,18-21,24,35H,6-7,10-17H2,1-5H3. The Kier molecular flexibility index (Phi) is 9.74. The minimum Gasteiger partial charge on any atom is -0.476 e. The summed E-state index contributed by atoms with van der Waals surface area (Å²) in [4.78, 5) is 26.3. The Morgan fingerprint density at radius 1 is 1.02 bits per heavy atom. The lowest BCUT2D eigenvalue weighted by Gasteiger charge is -2.37. The fourth-order valence-corrected chi connectivity index (χ4v) is 7.62. The predicted molar refractivity (Wildman–Crippen MR) is 172 cm³/mol. The highest BCUT2D eigenvalue weighted by molar-refractivity contribution is 7.93. The number of carbonyl (C=O) groups is 1. The Morgan fingerprint density at radius 3 is 2.39 bits per heavy atom. The van der Waals surface area contributed by atoms with Gasteiger partial charge in [-0.2, -0.15) is 0 Å². The van der Waals surface area contributed by atoms with E-state index < -0.39 is 20.7 Å². The number of hydrogen-bond donors (Lipinski definition) is 1. The maximum Gasteiger partial charge on any atom is 0.238 e. The fourth-order valence-electron chi connectivity index (χ4n) is 6.19. The molecule has 1 aromatic carbocycles. The molecule has 0 saturated heterocycles. The second-order valence-corrected chi connectivity index (χ2v) is 13.9. The van der Waals surface area contributed by atoms with Crippen LogP contribution in [0.2, 0.25) is 0 Å². The van der Waals surface area contributed by atoms with Crippen LogP contribution in [0, 0.1) is 0 Å². The summed E-state index contributed by atoms with van der Waals surface area (Å²) in [6.07, 6.45) is 7.55. The van der Waals surface area contributed by atoms with Crippen LogP contribution in [-0.2, 0) is 29.7 Å². The molecule has 1 fully saturated rings. The van der Waals surface area contributed by atoms with Crippen molar-refractivity contribution < 1.29 is 27.4 Å². The summed E-state index contributed by atoms with van der Waals surface area (Å²) in [6.45, 7) is 1.81. The molecule has 0 radical (unpaired) electrons. The van der Waals surface area contributed by atoms with Crippen molar-refractivity contribution in [1.82, 2.24) is 14.9 Å². The Labute approximate surface area is 259 Å². The monoisotopic (exact) mass is 625 g/mol. The number of aromatic nitrogens is 2. The molecule has 0 atom stereocenters. The first-order chi connectivity index (χ1) is 21.1. The van der Waals surface area contributed by atoms with Gasteiger partial charge >= 0.3 is 0 Å². The van der Waals surface area contributed by atoms with Crippen LogP contribution < -0.4 is 14.4 Å². The van der Waals surface area contributed by atoms with Crippen molar-refractivity contribution in [3.8, 4) is 17.0 Å². The molecule has 5 rings (SSSR count). The van der Waals surface area contributed by atoms with Crippen molar-refractivity contribution in [2.24, 2.45) is 0 Å². The summed E-state index contributed by atoms with van der Waals surface area (Å²) in [5.74, 6) is 0.349. The van der Waals surface area contributed by atoms with Crippen molar-refractivity contribution in [3.63, 3.8) is 0 Å². The lowest BCUT2D eigenvalue weighted by molar-refractivity contribution is -0.125. The van der Waals surface area contributed by atoms with E-state index in [0.717, 1.165) is 59.9 Å². The van der Waals surface area contributed by atoms with E-state index in [1.54, 1.807) is 37.6 Å². The minimum absolute atomic E-state index is 0.129. The number of fused-ring (bicyclic) bond motifs is 4. The number of anilines is 2. The molecule has 0 bridgehead atoms. The lowest BCUT2D eigenvalue weighted by atomic mass is 9.64. The summed E-state index contributed by atoms with van der Waals surface area (Å²) in [7, 11) is 5.05. The number of nitrogens with one attached hydrogen (secondary N) is 1. The van der Waals surface area contributed by atoms with E-state index >= 15 is 0 Å². The van der Waals surface area contributed by atoms with E-state index in [2.05, 4.69) is 19.6 Å². The number of methoxy groups -OCH3 is 2. The number of amides is 1. The number of pyridine rings is 2. The van der Waals surface area contributed by atoms with Gasteiger partial charge in [-0.3, -0.25) is 14.5 Å². The molecule has 3 heterocycles. The third-order valence-electron chi connectivity index (χ3n) is 8.76. The van der Waals surface area contributed by atoms with Crippen LogP contribution in [0.25, 0.3) is 22.0 Å². The molecule has 1 aliphatic heterocycles. The first-order valence-electron chi connectivity index (χ1n) is 15.1. The zero-order chi connectivity index (χ0) is 31.5. The number of carbonyl (C=O) groups excluding carboxylic acids is 1. The van der Waals surface area contributed by atoms with Crippen LogP contribution in [0.1, 0.15) is 44.1 Å². The van der Waals surface area contributed by atoms with Gasteiger partial charge < -0.3 is 24.0 Å². The molecule has 11 nitrogen and oxygen atoms in total. The number of benzene rings is 1. The van der Waals surface area contributed by atoms with Gasteiger partial charge in [0.05, 0.1) is 34.7 Å². The Balaban J connectivity index is 1.53. The summed E-state index contributed by atoms with van der Waals surface area (Å²) < 4.78 is 46.5. The van der Waals surface area contributed by atoms with Gasteiger partial charge in [-0.15, -0.1) is 0 Å². The second kappa shape index (κ2) is 13.4. The smallest absolute Gasteiger partial charge is 0.238 e. The van der Waals surface area contributed by atoms with Crippen molar-refractivity contribution >= 4 is 38.2 Å². The normalized spacial score (nSPS) is 15.8. The molecule has 1 saturated carbocycles. The number of likely N-dealkylation sites (N-methyl/N-ethyl adjacent to an activating group) is 1. The Hall–Kier alpha value is -3.32. The molecule has 238 valence electrons. The van der Waals surface area contributed by atoms with Gasteiger partial charge in [0.15, 0.2) is 0 Å². The Bertz CT molecular complexity index is 1600. The van der Waals surface area contributed by atoms with E-state index in [1.165, 1.54) is 0 Å². The van der Waals surface area contributed by atoms with Gasteiger partial charge in [0.1, 0.15) is 5.69 Å². The van der Waals surface area contributed by atoms with E-state index in [-0.39, 0.29) is 17.5 Å². The lowest BCUT2D eigenvalue weighted by Crippen LogP contribution is -2.43. The van der Waals surface area contributed by atoms with Gasteiger partial charge in [0.2, 0.25) is 21.8 Å². The minimum atomic E-state index is -3.84. The van der Waals surface area contributed by atoms with Crippen LogP contribution >= 0.6 is 0 Å². The van der Waals surface area contributed by atoms with Crippen molar-refractivity contribution in [2.75, 3.05) is 71.4 Å². The average molecular weight is 626 g/mol. The van der Waals surface area contributed by atoms with Crippen LogP contribution in [-0.4, -0.2) is 96.2 Å². The first kappa shape index (κ1) is 32.1. The molecular weight excluding hydrogens is 582 g/mol. The van der Waals surface area contributed by atoms with E-state index in [4.69, 9.17) is 14.2 Å². The van der Waals surface area contributed by atoms with Gasteiger partial charge in [-0.1, -0.05) is 12.5 Å². The number of ether oxygens (including phenoxy) is 3. The highest BCUT2D eigenvalue weighted by atomic mass is 32.2. The van der Waals surface area contributed by atoms with Gasteiger partial charge in [0.25, 0.3) is 0 Å². The highest BCUT2D eigenvalue weighted by Gasteiger charge is 2.54. The van der Waals surface area contributed by atoms with Gasteiger partial charge in [0, 0.05) is 63.7 Å². The molecule has 1 aliphatic carbocycles. The maximum atomic E-state index is 13.6. The Morgan fingerprint density at radius 2 is 1.75 bits per heavy atom. The molecule has 12 heteroatoms. The van der Waals surface area contributed by atoms with Crippen molar-refractivity contribution in [2.45, 2.75) is 49.2 Å². The molecule has 2 aliphatic rings. The quantitative estimate of drug-likeness (QED) is 0.248. The van der Waals surface area contributed by atoms with E-state index in [1.807, 2.05) is 39.3 Å². The topological polar surface area (TPSA) is 123 Å². The third-order valence-corrected chi connectivity index (χ3v) is 10.6. The number of nitrogens with zero attached hydrogens (tertiary/aromatic N) is 4. The molecule has 3 aromatic rings. The SMILES string of the molecule is COCCC(CCOC)S(=O)(=O)Nc1cc(-c2ccc3ncc4c(c3c2)C2(CCC2)C(=O)N4C)cnc1OCCCN(C)C. The number of sulfonamides is 1. The molecular formula is C32H43N5O6S. The number of hydrogen-bond acceptors (Lipinski definition) is 9. The summed E-state index contributed by atoms with van der Waals surface area (Å²) >= 11 is 0. The van der Waals surface area contributed by atoms with Crippen LogP contribution in [0.5, 0.6) is 5.88 Å². The molecule has 0 unspecified atom stereocenters. The maximum absolute atomic E-state index is 13.6. The fraction of sp³-hybridized carbons (Fsp3) is 0.531. The highest BCUT2D eigenvalue weighted by Crippen LogP contribution is 2.55. The summed E-state index contributed by atoms with van der Waals surface area (Å²) in [6, 6.07) is 7.70. The van der Waals surface area contributed by atoms with Crippen LogP contribution in [0.3, 0.4) is 0 Å². The zero-order valence-electron chi connectivity index (χ0n) is 26.3. The molecule has 2 aromatic heterocycles. The van der Waals surface area contributed by atoms with Gasteiger partial charge in [-0.25, -0.2) is 13.4 Å². The average Bonchev–Trinajstić information content (AvgIpc) is 3.22. The molecule has 1 N–H and O–H groups in total. The summed E-state index contributed by atoms with van der Waals surface area (Å²) in [5, 5.41) is 0.206. The first-order valence-corrected chi connectivity index (χ1v) is 16.6. The van der Waals surface area contributed by atoms with Crippen LogP contribution in [0.4, 0.5) is 11.4 Å². The molecule has 44 heavy (non-hydrogen) atoms. The van der Waals surface area contributed by atoms with E-state index in [9.17, 15) is 13.2 Å². The third kappa shape index (κ3) is 6.26. The molecule has 1 spiro atoms. The number of rotatable bonds is 15. The van der Waals surface area contributed by atoms with Gasteiger partial charge in [-0.05, 0) is 70.0 Å². The van der Waals surface area contributed by atoms with Crippen LogP contribution in [0.15, 0.2) is 36.7 Å². The zero-order valence-corrected chi connectivity index (χ0v) is 27.1.